The average Bonchev–Trinajstić information content (AvgIpc) is 2.52. The fourth-order valence-corrected chi connectivity index (χ4v) is 3.01. The average molecular weight is 310 g/mol. The van der Waals surface area contributed by atoms with Crippen molar-refractivity contribution in [3.8, 4) is 0 Å². The fraction of sp³-hybridized carbons (Fsp3) is 0.467. The van der Waals surface area contributed by atoms with E-state index in [0.717, 1.165) is 25.7 Å². The van der Waals surface area contributed by atoms with Crippen molar-refractivity contribution in [3.05, 3.63) is 34.9 Å². The first-order chi connectivity index (χ1) is 10.1. The maximum Gasteiger partial charge on any atom is 0.251 e. The number of nitrogens with two attached hydrogens (primary N) is 1. The Hall–Kier alpha value is -1.75. The van der Waals surface area contributed by atoms with E-state index in [1.807, 2.05) is 0 Å². The van der Waals surface area contributed by atoms with E-state index >= 15 is 0 Å². The van der Waals surface area contributed by atoms with Crippen LogP contribution in [0.4, 0.5) is 0 Å². The van der Waals surface area contributed by atoms with Crippen LogP contribution in [0.5, 0.6) is 0 Å². The lowest BCUT2D eigenvalue weighted by molar-refractivity contribution is 0.0930. The number of amidine groups is 1. The maximum absolute atomic E-state index is 12.3. The number of nitrogens with zero attached hydrogens (tertiary/aromatic N) is 1. The molecule has 1 unspecified atom stereocenters. The third-order valence-electron chi connectivity index (χ3n) is 3.93. The predicted octanol–water partition coefficient (Wildman–Crippen LogP) is 2.77. The lowest BCUT2D eigenvalue weighted by Crippen LogP contribution is -2.49. The van der Waals surface area contributed by atoms with Crippen molar-refractivity contribution in [1.82, 2.24) is 5.32 Å². The number of hydrogen-bond donors (Lipinski definition) is 3. The minimum atomic E-state index is -0.443. The van der Waals surface area contributed by atoms with Crippen LogP contribution in [0.15, 0.2) is 29.4 Å². The molecule has 6 heteroatoms. The summed E-state index contributed by atoms with van der Waals surface area (Å²) in [6.45, 7) is 0. The summed E-state index contributed by atoms with van der Waals surface area (Å²) in [6.07, 6.45) is 5.34. The molecule has 0 aliphatic heterocycles. The minimum absolute atomic E-state index is 0.0530. The Morgan fingerprint density at radius 3 is 2.71 bits per heavy atom. The van der Waals surface area contributed by atoms with Crippen molar-refractivity contribution in [1.29, 1.82) is 0 Å². The molecule has 114 valence electrons. The van der Waals surface area contributed by atoms with Crippen LogP contribution < -0.4 is 11.1 Å². The molecule has 5 nitrogen and oxygen atoms in total. The van der Waals surface area contributed by atoms with E-state index in [1.165, 1.54) is 6.42 Å². The summed E-state index contributed by atoms with van der Waals surface area (Å²) in [6, 6.07) is 6.27. The second-order valence-electron chi connectivity index (χ2n) is 5.38. The highest BCUT2D eigenvalue weighted by molar-refractivity contribution is 6.31. The molecule has 0 heterocycles. The van der Waals surface area contributed by atoms with Gasteiger partial charge in [-0.05, 0) is 37.0 Å². The van der Waals surface area contributed by atoms with Crippen LogP contribution in [0.25, 0.3) is 0 Å². The summed E-state index contributed by atoms with van der Waals surface area (Å²) in [5.41, 5.74) is 6.23. The number of amides is 1. The summed E-state index contributed by atoms with van der Waals surface area (Å²) < 4.78 is 0. The van der Waals surface area contributed by atoms with Gasteiger partial charge in [-0.2, -0.15) is 0 Å². The minimum Gasteiger partial charge on any atom is -0.409 e. The largest absolute Gasteiger partial charge is 0.409 e. The Bertz CT molecular complexity index is 527. The molecular formula is C15H20ClN3O2. The van der Waals surface area contributed by atoms with Gasteiger partial charge in [-0.1, -0.05) is 42.1 Å². The van der Waals surface area contributed by atoms with Crippen LogP contribution in [0.3, 0.4) is 0 Å². The van der Waals surface area contributed by atoms with Gasteiger partial charge in [0, 0.05) is 10.6 Å². The van der Waals surface area contributed by atoms with Gasteiger partial charge in [0.15, 0.2) is 5.84 Å². The number of halogens is 1. The zero-order chi connectivity index (χ0) is 15.2. The number of oxime groups is 1. The lowest BCUT2D eigenvalue weighted by Gasteiger charge is -2.30. The molecule has 21 heavy (non-hydrogen) atoms. The van der Waals surface area contributed by atoms with Crippen LogP contribution in [-0.4, -0.2) is 23.0 Å². The molecule has 2 rings (SSSR count). The molecule has 0 aromatic heterocycles. The first kappa shape index (κ1) is 15.6. The summed E-state index contributed by atoms with van der Waals surface area (Å²) in [5.74, 6) is -0.00487. The third-order valence-corrected chi connectivity index (χ3v) is 4.16. The van der Waals surface area contributed by atoms with E-state index in [2.05, 4.69) is 10.5 Å². The topological polar surface area (TPSA) is 87.7 Å². The monoisotopic (exact) mass is 309 g/mol. The van der Waals surface area contributed by atoms with Crippen LogP contribution in [0.2, 0.25) is 5.02 Å². The first-order valence-corrected chi connectivity index (χ1v) is 7.53. The highest BCUT2D eigenvalue weighted by Gasteiger charge is 2.28. The van der Waals surface area contributed by atoms with E-state index in [-0.39, 0.29) is 17.7 Å². The number of hydrogen-bond acceptors (Lipinski definition) is 3. The van der Waals surface area contributed by atoms with Gasteiger partial charge in [-0.3, -0.25) is 4.79 Å². The standard InChI is InChI=1S/C15H20ClN3O2/c16-12-8-4-7-11(9-12)15(20)18-13(14(17)19-21)10-5-2-1-3-6-10/h4,7-10,13,21H,1-3,5-6H2,(H2,17,19)(H,18,20). The van der Waals surface area contributed by atoms with E-state index in [0.29, 0.717) is 10.6 Å². The number of nitrogens with one attached hydrogen (secondary N) is 1. The molecule has 1 aliphatic rings. The number of rotatable bonds is 4. The Kier molecular flexibility index (Phi) is 5.44. The predicted molar refractivity (Wildman–Crippen MR) is 82.7 cm³/mol. The van der Waals surface area contributed by atoms with Gasteiger partial charge >= 0.3 is 0 Å². The van der Waals surface area contributed by atoms with E-state index in [1.54, 1.807) is 24.3 Å². The fourth-order valence-electron chi connectivity index (χ4n) is 2.82. The number of carbonyl (C=O) groups excluding carboxylic acids is 1. The van der Waals surface area contributed by atoms with Gasteiger partial charge in [-0.15, -0.1) is 0 Å². The Balaban J connectivity index is 2.12. The van der Waals surface area contributed by atoms with Crippen LogP contribution in [0, 0.1) is 5.92 Å². The highest BCUT2D eigenvalue weighted by atomic mass is 35.5. The van der Waals surface area contributed by atoms with E-state index in [4.69, 9.17) is 22.5 Å². The van der Waals surface area contributed by atoms with E-state index in [9.17, 15) is 4.79 Å². The second-order valence-corrected chi connectivity index (χ2v) is 5.82. The van der Waals surface area contributed by atoms with Crippen LogP contribution >= 0.6 is 11.6 Å². The molecule has 1 saturated carbocycles. The SMILES string of the molecule is N/C(=N\O)C(NC(=O)c1cccc(Cl)c1)C1CCCCC1. The van der Waals surface area contributed by atoms with Gasteiger partial charge < -0.3 is 16.3 Å². The molecular weight excluding hydrogens is 290 g/mol. The molecule has 0 radical (unpaired) electrons. The Labute approximate surface area is 129 Å². The van der Waals surface area contributed by atoms with Crippen molar-refractivity contribution < 1.29 is 10.0 Å². The molecule has 0 saturated heterocycles. The molecule has 1 atom stereocenters. The van der Waals surface area contributed by atoms with Crippen molar-refractivity contribution >= 4 is 23.3 Å². The van der Waals surface area contributed by atoms with Crippen LogP contribution in [-0.2, 0) is 0 Å². The zero-order valence-electron chi connectivity index (χ0n) is 11.8. The molecule has 0 bridgehead atoms. The summed E-state index contributed by atoms with van der Waals surface area (Å²) in [5, 5.41) is 15.4. The smallest absolute Gasteiger partial charge is 0.251 e. The normalized spacial score (nSPS) is 18.2. The summed E-state index contributed by atoms with van der Waals surface area (Å²) in [4.78, 5) is 12.3. The van der Waals surface area contributed by atoms with Gasteiger partial charge in [-0.25, -0.2) is 0 Å². The summed E-state index contributed by atoms with van der Waals surface area (Å²) in [7, 11) is 0. The van der Waals surface area contributed by atoms with Gasteiger partial charge in [0.2, 0.25) is 0 Å². The van der Waals surface area contributed by atoms with E-state index < -0.39 is 6.04 Å². The maximum atomic E-state index is 12.3. The molecule has 1 aliphatic carbocycles. The quantitative estimate of drug-likeness (QED) is 0.346. The van der Waals surface area contributed by atoms with Gasteiger partial charge in [0.1, 0.15) is 0 Å². The summed E-state index contributed by atoms with van der Waals surface area (Å²) >= 11 is 5.90. The van der Waals surface area contributed by atoms with Gasteiger partial charge in [0.05, 0.1) is 6.04 Å². The Morgan fingerprint density at radius 2 is 2.10 bits per heavy atom. The lowest BCUT2D eigenvalue weighted by atomic mass is 9.83. The van der Waals surface area contributed by atoms with Crippen LogP contribution in [0.1, 0.15) is 42.5 Å². The van der Waals surface area contributed by atoms with Crippen molar-refractivity contribution in [2.75, 3.05) is 0 Å². The molecule has 1 aromatic carbocycles. The molecule has 1 fully saturated rings. The third kappa shape index (κ3) is 4.11. The number of carbonyl (C=O) groups is 1. The molecule has 1 aromatic rings. The van der Waals surface area contributed by atoms with Crippen molar-refractivity contribution in [2.24, 2.45) is 16.8 Å². The molecule has 1 amide bonds. The first-order valence-electron chi connectivity index (χ1n) is 7.15. The molecule has 4 N–H and O–H groups in total. The number of benzene rings is 1. The van der Waals surface area contributed by atoms with Gasteiger partial charge in [0.25, 0.3) is 5.91 Å². The van der Waals surface area contributed by atoms with Crippen molar-refractivity contribution in [2.45, 2.75) is 38.1 Å². The Morgan fingerprint density at radius 1 is 1.38 bits per heavy atom. The van der Waals surface area contributed by atoms with Crippen molar-refractivity contribution in [3.63, 3.8) is 0 Å². The zero-order valence-corrected chi connectivity index (χ0v) is 12.5. The molecule has 0 spiro atoms. The second kappa shape index (κ2) is 7.31. The highest BCUT2D eigenvalue weighted by Crippen LogP contribution is 2.27.